The highest BCUT2D eigenvalue weighted by molar-refractivity contribution is 5.89. The fourth-order valence-electron chi connectivity index (χ4n) is 9.85. The highest BCUT2D eigenvalue weighted by Crippen LogP contribution is 2.68. The Bertz CT molecular complexity index is 942. The van der Waals surface area contributed by atoms with Crippen molar-refractivity contribution in [3.63, 3.8) is 0 Å². The largest absolute Gasteiger partial charge is 0.462 e. The zero-order chi connectivity index (χ0) is 28.3. The van der Waals surface area contributed by atoms with Gasteiger partial charge < -0.3 is 14.6 Å². The topological polar surface area (TPSA) is 89.9 Å². The van der Waals surface area contributed by atoms with Crippen molar-refractivity contribution in [2.45, 2.75) is 137 Å². The summed E-state index contributed by atoms with van der Waals surface area (Å²) in [5, 5.41) is 11.9. The first-order valence-electron chi connectivity index (χ1n) is 15.2. The zero-order valence-corrected chi connectivity index (χ0v) is 25.1. The molecule has 2 unspecified atom stereocenters. The molecule has 0 aromatic heterocycles. The van der Waals surface area contributed by atoms with Gasteiger partial charge >= 0.3 is 11.9 Å². The summed E-state index contributed by atoms with van der Waals surface area (Å²) in [6.07, 6.45) is 8.50. The summed E-state index contributed by atoms with van der Waals surface area (Å²) in [5.74, 6) is 2.07. The fraction of sp³-hybridized carbons (Fsp3) is 0.906. The van der Waals surface area contributed by atoms with Crippen molar-refractivity contribution < 1.29 is 29.0 Å². The monoisotopic (exact) mass is 532 g/mol. The fourth-order valence-corrected chi connectivity index (χ4v) is 9.85. The third-order valence-electron chi connectivity index (χ3n) is 12.3. The molecule has 4 fully saturated rings. The maximum Gasteiger partial charge on any atom is 0.303 e. The van der Waals surface area contributed by atoms with Crippen molar-refractivity contribution in [2.24, 2.45) is 46.3 Å². The van der Waals surface area contributed by atoms with Crippen LogP contribution >= 0.6 is 0 Å². The number of ether oxygens (including phenoxy) is 2. The number of fused-ring (bicyclic) bond motifs is 5. The van der Waals surface area contributed by atoms with Gasteiger partial charge in [0.15, 0.2) is 5.78 Å². The average molecular weight is 533 g/mol. The predicted molar refractivity (Wildman–Crippen MR) is 146 cm³/mol. The molecule has 6 heteroatoms. The second-order valence-electron chi connectivity index (χ2n) is 14.6. The van der Waals surface area contributed by atoms with E-state index >= 15 is 0 Å². The van der Waals surface area contributed by atoms with Gasteiger partial charge in [-0.3, -0.25) is 14.4 Å². The third-order valence-corrected chi connectivity index (χ3v) is 12.3. The Morgan fingerprint density at radius 2 is 1.68 bits per heavy atom. The number of aliphatic hydroxyl groups is 1. The standard InChI is InChI=1S/C32H52O6/c1-19(9-10-20(2)29(5,6)38-22(4)34)25-11-12-26-24-17-28(35)32(36)18-23(37-21(3)33)13-16-31(32,8)27(24)14-15-30(25,26)7/h19-20,23-27,36H,9-18H2,1-8H3/t19-,20+,23?,24+,25-,26+,27+,30-,31-,32?/m1/s1. The van der Waals surface area contributed by atoms with Gasteiger partial charge in [-0.25, -0.2) is 0 Å². The number of rotatable bonds is 7. The zero-order valence-electron chi connectivity index (χ0n) is 25.1. The summed E-state index contributed by atoms with van der Waals surface area (Å²) in [5.41, 5.74) is -2.09. The summed E-state index contributed by atoms with van der Waals surface area (Å²) >= 11 is 0. The molecule has 6 nitrogen and oxygen atoms in total. The van der Waals surface area contributed by atoms with Gasteiger partial charge in [0.25, 0.3) is 0 Å². The highest BCUT2D eigenvalue weighted by Gasteiger charge is 2.68. The van der Waals surface area contributed by atoms with Crippen LogP contribution in [0.2, 0.25) is 0 Å². The lowest BCUT2D eigenvalue weighted by molar-refractivity contribution is -0.217. The maximum atomic E-state index is 13.7. The molecule has 0 heterocycles. The molecule has 4 aliphatic carbocycles. The lowest BCUT2D eigenvalue weighted by Gasteiger charge is -2.63. The van der Waals surface area contributed by atoms with Gasteiger partial charge in [0.2, 0.25) is 0 Å². The molecular formula is C32H52O6. The lowest BCUT2D eigenvalue weighted by atomic mass is 9.42. The van der Waals surface area contributed by atoms with Crippen LogP contribution in [-0.4, -0.2) is 40.1 Å². The quantitative estimate of drug-likeness (QED) is 0.389. The second-order valence-corrected chi connectivity index (χ2v) is 14.6. The Labute approximate surface area is 230 Å². The molecule has 38 heavy (non-hydrogen) atoms. The van der Waals surface area contributed by atoms with Crippen LogP contribution in [0.4, 0.5) is 0 Å². The number of ketones is 1. The van der Waals surface area contributed by atoms with E-state index in [9.17, 15) is 19.5 Å². The average Bonchev–Trinajstić information content (AvgIpc) is 3.15. The highest BCUT2D eigenvalue weighted by atomic mass is 16.6. The Balaban J connectivity index is 1.47. The molecule has 0 amide bonds. The molecule has 0 bridgehead atoms. The summed E-state index contributed by atoms with van der Waals surface area (Å²) in [6.45, 7) is 16.1. The van der Waals surface area contributed by atoms with Crippen molar-refractivity contribution in [2.75, 3.05) is 0 Å². The first kappa shape index (κ1) is 29.6. The number of esters is 2. The Morgan fingerprint density at radius 1 is 1.00 bits per heavy atom. The summed E-state index contributed by atoms with van der Waals surface area (Å²) < 4.78 is 11.1. The molecule has 0 aromatic carbocycles. The number of carbonyl (C=O) groups excluding carboxylic acids is 3. The van der Waals surface area contributed by atoms with Crippen molar-refractivity contribution in [3.05, 3.63) is 0 Å². The second kappa shape index (κ2) is 10.2. The minimum absolute atomic E-state index is 0.0274. The van der Waals surface area contributed by atoms with Crippen LogP contribution in [0.1, 0.15) is 120 Å². The molecule has 0 aliphatic heterocycles. The lowest BCUT2D eigenvalue weighted by Crippen LogP contribution is -2.67. The summed E-state index contributed by atoms with van der Waals surface area (Å²) in [4.78, 5) is 36.8. The summed E-state index contributed by atoms with van der Waals surface area (Å²) in [7, 11) is 0. The maximum absolute atomic E-state index is 13.7. The van der Waals surface area contributed by atoms with Crippen LogP contribution in [0, 0.1) is 46.3 Å². The molecule has 216 valence electrons. The molecule has 0 saturated heterocycles. The molecule has 4 rings (SSSR count). The van der Waals surface area contributed by atoms with Crippen LogP contribution in [0.25, 0.3) is 0 Å². The molecular weight excluding hydrogens is 480 g/mol. The van der Waals surface area contributed by atoms with Crippen molar-refractivity contribution in [1.29, 1.82) is 0 Å². The number of hydrogen-bond donors (Lipinski definition) is 1. The van der Waals surface area contributed by atoms with Crippen LogP contribution < -0.4 is 0 Å². The summed E-state index contributed by atoms with van der Waals surface area (Å²) in [6, 6.07) is 0. The van der Waals surface area contributed by atoms with Crippen molar-refractivity contribution >= 4 is 17.7 Å². The Morgan fingerprint density at radius 3 is 2.32 bits per heavy atom. The normalized spacial score (nSPS) is 42.3. The molecule has 0 radical (unpaired) electrons. The van der Waals surface area contributed by atoms with Crippen molar-refractivity contribution in [3.8, 4) is 0 Å². The minimum atomic E-state index is -1.39. The van der Waals surface area contributed by atoms with Gasteiger partial charge in [-0.1, -0.05) is 34.1 Å². The number of carbonyl (C=O) groups is 3. The Kier molecular flexibility index (Phi) is 7.93. The first-order chi connectivity index (χ1) is 17.5. The van der Waals surface area contributed by atoms with E-state index in [1.54, 1.807) is 0 Å². The smallest absolute Gasteiger partial charge is 0.303 e. The molecule has 4 saturated carbocycles. The first-order valence-corrected chi connectivity index (χ1v) is 15.2. The van der Waals surface area contributed by atoms with E-state index in [4.69, 9.17) is 9.47 Å². The van der Waals surface area contributed by atoms with E-state index in [-0.39, 0.29) is 41.6 Å². The van der Waals surface area contributed by atoms with E-state index in [1.807, 2.05) is 13.8 Å². The van der Waals surface area contributed by atoms with E-state index in [1.165, 1.54) is 26.7 Å². The van der Waals surface area contributed by atoms with Crippen LogP contribution in [0.3, 0.4) is 0 Å². The van der Waals surface area contributed by atoms with E-state index < -0.39 is 16.6 Å². The van der Waals surface area contributed by atoms with Crippen LogP contribution in [0.15, 0.2) is 0 Å². The number of hydrogen-bond acceptors (Lipinski definition) is 6. The van der Waals surface area contributed by atoms with Gasteiger partial charge in [-0.05, 0) is 99.7 Å². The van der Waals surface area contributed by atoms with E-state index in [0.29, 0.717) is 36.0 Å². The predicted octanol–water partition coefficient (Wildman–Crippen LogP) is 6.27. The van der Waals surface area contributed by atoms with Gasteiger partial charge in [0, 0.05) is 32.1 Å². The van der Waals surface area contributed by atoms with E-state index in [0.717, 1.165) is 38.5 Å². The SMILES string of the molecule is CC(=O)OC1CC[C@]2(C)[C@H]3CC[C@]4(C)[C@@H]([C@H](C)CC[C@H](C)C(C)(C)OC(C)=O)CC[C@H]4[C@@H]3CC(=O)C2(O)C1. The minimum Gasteiger partial charge on any atom is -0.462 e. The van der Waals surface area contributed by atoms with E-state index in [2.05, 4.69) is 27.7 Å². The molecule has 10 atom stereocenters. The Hall–Kier alpha value is -1.43. The molecule has 0 aromatic rings. The number of Topliss-reactive ketones (excluding diaryl/α,β-unsaturated/α-hetero) is 1. The third kappa shape index (κ3) is 4.86. The van der Waals surface area contributed by atoms with Crippen LogP contribution in [-0.2, 0) is 23.9 Å². The van der Waals surface area contributed by atoms with Gasteiger partial charge in [-0.15, -0.1) is 0 Å². The molecule has 1 N–H and O–H groups in total. The van der Waals surface area contributed by atoms with Gasteiger partial charge in [0.05, 0.1) is 0 Å². The van der Waals surface area contributed by atoms with Crippen molar-refractivity contribution in [1.82, 2.24) is 0 Å². The van der Waals surface area contributed by atoms with Gasteiger partial charge in [0.1, 0.15) is 17.3 Å². The van der Waals surface area contributed by atoms with Gasteiger partial charge in [-0.2, -0.15) is 0 Å². The van der Waals surface area contributed by atoms with Crippen LogP contribution in [0.5, 0.6) is 0 Å². The molecule has 4 aliphatic rings. The molecule has 0 spiro atoms.